The van der Waals surface area contributed by atoms with Crippen LogP contribution < -0.4 is 22.5 Å². The minimum atomic E-state index is -0.423. The third-order valence-electron chi connectivity index (χ3n) is 7.71. The Balaban J connectivity index is 1.15. The lowest BCUT2D eigenvalue weighted by Gasteiger charge is -2.34. The molecule has 5 N–H and O–H groups in total. The molecule has 0 bridgehead atoms. The summed E-state index contributed by atoms with van der Waals surface area (Å²) in [6.45, 7) is 8.51. The summed E-state index contributed by atoms with van der Waals surface area (Å²) < 4.78 is 1.49. The normalized spacial score (nSPS) is 24.9. The Labute approximate surface area is 206 Å². The maximum absolute atomic E-state index is 12.7. The zero-order chi connectivity index (χ0) is 24.7. The molecule has 3 fully saturated rings. The van der Waals surface area contributed by atoms with Crippen LogP contribution in [0.1, 0.15) is 38.7 Å². The van der Waals surface area contributed by atoms with Gasteiger partial charge in [-0.05, 0) is 74.6 Å². The van der Waals surface area contributed by atoms with Crippen LogP contribution in [0.15, 0.2) is 41.3 Å². The van der Waals surface area contributed by atoms with Gasteiger partial charge in [0.05, 0.1) is 5.69 Å². The first kappa shape index (κ1) is 24.0. The second-order valence-electron chi connectivity index (χ2n) is 11.3. The summed E-state index contributed by atoms with van der Waals surface area (Å²) in [6, 6.07) is 9.83. The molecule has 3 atom stereocenters. The number of hydrogen-bond acceptors (Lipinski definition) is 6. The monoisotopic (exact) mass is 479 g/mol. The lowest BCUT2D eigenvalue weighted by Crippen LogP contribution is -2.43. The molecule has 9 nitrogen and oxygen atoms in total. The molecule has 35 heavy (non-hydrogen) atoms. The smallest absolute Gasteiger partial charge is 0.327 e. The number of piperidine rings is 2. The van der Waals surface area contributed by atoms with Crippen molar-refractivity contribution in [3.05, 3.63) is 52.6 Å². The average molecular weight is 480 g/mol. The number of nitrogens with zero attached hydrogens (tertiary/aromatic N) is 4. The molecule has 0 radical (unpaired) electrons. The van der Waals surface area contributed by atoms with Gasteiger partial charge in [0.2, 0.25) is 0 Å². The fourth-order valence-corrected chi connectivity index (χ4v) is 5.75. The molecule has 188 valence electrons. The Morgan fingerprint density at radius 3 is 2.37 bits per heavy atom. The van der Waals surface area contributed by atoms with Gasteiger partial charge in [-0.15, -0.1) is 0 Å². The number of urea groups is 1. The van der Waals surface area contributed by atoms with Crippen LogP contribution in [0.4, 0.5) is 10.6 Å². The molecule has 2 amide bonds. The van der Waals surface area contributed by atoms with E-state index >= 15 is 0 Å². The van der Waals surface area contributed by atoms with Crippen molar-refractivity contribution in [2.24, 2.45) is 29.2 Å². The zero-order valence-electron chi connectivity index (χ0n) is 20.7. The molecule has 1 aromatic carbocycles. The Morgan fingerprint density at radius 2 is 1.77 bits per heavy atom. The van der Waals surface area contributed by atoms with Gasteiger partial charge in [-0.2, -0.15) is 4.98 Å². The van der Waals surface area contributed by atoms with Crippen LogP contribution in [0.3, 0.4) is 0 Å². The standard InChI is InChI=1S/C26H37N7O2/c1-26(2,28)13-17-7-10-32(11-8-17)24(34)29-22-9-12-33(25(35)30-22)19-5-3-18(4-6-19)14-31-15-20-21(16-31)23(20)27/h3-6,9,12,17,20-21,23H,7-8,10-11,13-16,27-28H2,1-2H3,(H,29,30,34,35)/t20-,21+,23?. The quantitative estimate of drug-likeness (QED) is 0.582. The number of hydrogen-bond donors (Lipinski definition) is 3. The van der Waals surface area contributed by atoms with Crippen LogP contribution in [0, 0.1) is 17.8 Å². The minimum Gasteiger partial charge on any atom is -0.327 e. The van der Waals surface area contributed by atoms with E-state index in [-0.39, 0.29) is 17.4 Å². The number of rotatable bonds is 6. The van der Waals surface area contributed by atoms with E-state index < -0.39 is 5.69 Å². The molecule has 1 aromatic heterocycles. The molecule has 5 rings (SSSR count). The third-order valence-corrected chi connectivity index (χ3v) is 7.71. The van der Waals surface area contributed by atoms with Crippen molar-refractivity contribution in [1.29, 1.82) is 0 Å². The van der Waals surface area contributed by atoms with E-state index in [4.69, 9.17) is 11.5 Å². The summed E-state index contributed by atoms with van der Waals surface area (Å²) in [5, 5.41) is 2.78. The second kappa shape index (κ2) is 9.37. The Bertz CT molecular complexity index is 1100. The van der Waals surface area contributed by atoms with Gasteiger partial charge in [-0.3, -0.25) is 14.8 Å². The molecule has 3 aliphatic rings. The largest absolute Gasteiger partial charge is 0.354 e. The minimum absolute atomic E-state index is 0.188. The van der Waals surface area contributed by atoms with E-state index in [1.165, 1.54) is 10.1 Å². The predicted octanol–water partition coefficient (Wildman–Crippen LogP) is 1.99. The van der Waals surface area contributed by atoms with Crippen LogP contribution >= 0.6 is 0 Å². The van der Waals surface area contributed by atoms with Gasteiger partial charge in [0.25, 0.3) is 0 Å². The number of likely N-dealkylation sites (tertiary alicyclic amines) is 2. The van der Waals surface area contributed by atoms with E-state index in [2.05, 4.69) is 27.3 Å². The summed E-state index contributed by atoms with van der Waals surface area (Å²) in [4.78, 5) is 33.7. The Hall–Kier alpha value is -2.75. The van der Waals surface area contributed by atoms with Crippen LogP contribution in [0.2, 0.25) is 0 Å². The summed E-state index contributed by atoms with van der Waals surface area (Å²) in [7, 11) is 0. The van der Waals surface area contributed by atoms with Crippen molar-refractivity contribution in [3.8, 4) is 5.69 Å². The number of nitrogens with two attached hydrogens (primary N) is 2. The van der Waals surface area contributed by atoms with Crippen LogP contribution in [-0.4, -0.2) is 63.1 Å². The zero-order valence-corrected chi connectivity index (χ0v) is 20.7. The predicted molar refractivity (Wildman–Crippen MR) is 136 cm³/mol. The Kier molecular flexibility index (Phi) is 6.41. The highest BCUT2D eigenvalue weighted by Crippen LogP contribution is 2.44. The average Bonchev–Trinajstić information content (AvgIpc) is 3.19. The van der Waals surface area contributed by atoms with Gasteiger partial charge >= 0.3 is 11.7 Å². The van der Waals surface area contributed by atoms with Crippen molar-refractivity contribution in [1.82, 2.24) is 19.4 Å². The molecule has 3 heterocycles. The van der Waals surface area contributed by atoms with E-state index in [0.717, 1.165) is 44.6 Å². The molecule has 1 saturated carbocycles. The lowest BCUT2D eigenvalue weighted by molar-refractivity contribution is 0.172. The molecule has 1 unspecified atom stereocenters. The van der Waals surface area contributed by atoms with E-state index in [1.54, 1.807) is 17.2 Å². The molecule has 1 aliphatic carbocycles. The number of carbonyl (C=O) groups excluding carboxylic acids is 1. The molecular weight excluding hydrogens is 442 g/mol. The number of carbonyl (C=O) groups is 1. The fourth-order valence-electron chi connectivity index (χ4n) is 5.75. The highest BCUT2D eigenvalue weighted by Gasteiger charge is 2.53. The van der Waals surface area contributed by atoms with Crippen LogP contribution in [-0.2, 0) is 6.54 Å². The maximum Gasteiger partial charge on any atom is 0.354 e. The van der Waals surface area contributed by atoms with E-state index in [0.29, 0.717) is 36.9 Å². The number of amides is 2. The molecule has 0 spiro atoms. The molecule has 2 saturated heterocycles. The van der Waals surface area contributed by atoms with Gasteiger partial charge in [-0.1, -0.05) is 12.1 Å². The maximum atomic E-state index is 12.7. The fraction of sp³-hybridized carbons (Fsp3) is 0.577. The first-order valence-corrected chi connectivity index (χ1v) is 12.7. The number of anilines is 1. The van der Waals surface area contributed by atoms with Crippen molar-refractivity contribution < 1.29 is 4.79 Å². The van der Waals surface area contributed by atoms with Crippen molar-refractivity contribution in [2.45, 2.75) is 51.2 Å². The Morgan fingerprint density at radius 1 is 1.11 bits per heavy atom. The first-order chi connectivity index (χ1) is 16.7. The second-order valence-corrected chi connectivity index (χ2v) is 11.3. The van der Waals surface area contributed by atoms with Crippen molar-refractivity contribution in [2.75, 3.05) is 31.5 Å². The molecule has 2 aliphatic heterocycles. The number of nitrogens with one attached hydrogen (secondary N) is 1. The summed E-state index contributed by atoms with van der Waals surface area (Å²) in [5.41, 5.74) is 13.5. The highest BCUT2D eigenvalue weighted by atomic mass is 16.2. The van der Waals surface area contributed by atoms with Gasteiger partial charge in [0.15, 0.2) is 0 Å². The first-order valence-electron chi connectivity index (χ1n) is 12.7. The van der Waals surface area contributed by atoms with Gasteiger partial charge < -0.3 is 16.4 Å². The number of benzene rings is 1. The van der Waals surface area contributed by atoms with E-state index in [9.17, 15) is 9.59 Å². The molecular formula is C26H37N7O2. The highest BCUT2D eigenvalue weighted by molar-refractivity contribution is 5.88. The SMILES string of the molecule is CC(C)(N)CC1CCN(C(=O)Nc2ccn(-c3ccc(CN4C[C@@H]5C(N)[C@@H]5C4)cc3)c(=O)n2)CC1. The number of fused-ring (bicyclic) bond motifs is 1. The molecule has 9 heteroatoms. The van der Waals surface area contributed by atoms with Gasteiger partial charge in [0.1, 0.15) is 5.82 Å². The topological polar surface area (TPSA) is 123 Å². The van der Waals surface area contributed by atoms with Crippen molar-refractivity contribution in [3.63, 3.8) is 0 Å². The van der Waals surface area contributed by atoms with Crippen LogP contribution in [0.5, 0.6) is 0 Å². The number of aromatic nitrogens is 2. The van der Waals surface area contributed by atoms with Gasteiger partial charge in [0, 0.05) is 50.5 Å². The lowest BCUT2D eigenvalue weighted by atomic mass is 9.85. The summed E-state index contributed by atoms with van der Waals surface area (Å²) >= 11 is 0. The van der Waals surface area contributed by atoms with Crippen LogP contribution in [0.25, 0.3) is 5.69 Å². The third kappa shape index (κ3) is 5.58. The molecule has 2 aromatic rings. The summed E-state index contributed by atoms with van der Waals surface area (Å²) in [6.07, 6.45) is 4.49. The van der Waals surface area contributed by atoms with Gasteiger partial charge in [-0.25, -0.2) is 9.59 Å². The summed E-state index contributed by atoms with van der Waals surface area (Å²) in [5.74, 6) is 2.15. The van der Waals surface area contributed by atoms with E-state index in [1.807, 2.05) is 26.0 Å². The van der Waals surface area contributed by atoms with Crippen molar-refractivity contribution >= 4 is 11.8 Å².